The van der Waals surface area contributed by atoms with E-state index in [9.17, 15) is 8.42 Å². The number of hydrogen-bond acceptors (Lipinski definition) is 6. The van der Waals surface area contributed by atoms with Crippen molar-refractivity contribution in [3.8, 4) is 5.75 Å². The molecule has 8 heteroatoms. The summed E-state index contributed by atoms with van der Waals surface area (Å²) in [5.41, 5.74) is 1.38. The average Bonchev–Trinajstić information content (AvgIpc) is 2.95. The molecule has 1 aromatic heterocycles. The van der Waals surface area contributed by atoms with Crippen LogP contribution in [0.4, 0.5) is 5.69 Å². The van der Waals surface area contributed by atoms with Gasteiger partial charge in [0.2, 0.25) is 0 Å². The Morgan fingerprint density at radius 3 is 2.82 bits per heavy atom. The van der Waals surface area contributed by atoms with Gasteiger partial charge < -0.3 is 4.74 Å². The first-order valence-electron chi connectivity index (χ1n) is 6.57. The standard InChI is InChI=1S/C14H13N3O3S2/c1-2-20-11-6-3-5-10(9-11)17-22(18,19)13-8-4-7-12-14(13)16-21-15-12/h3-9,17H,2H2,1H3. The van der Waals surface area contributed by atoms with E-state index in [4.69, 9.17) is 4.74 Å². The molecule has 2 aromatic carbocycles. The summed E-state index contributed by atoms with van der Waals surface area (Å²) in [5.74, 6) is 0.608. The predicted octanol–water partition coefficient (Wildman–Crippen LogP) is 2.89. The van der Waals surface area contributed by atoms with Gasteiger partial charge in [0.25, 0.3) is 10.0 Å². The highest BCUT2D eigenvalue weighted by Gasteiger charge is 2.19. The Labute approximate surface area is 132 Å². The zero-order valence-corrected chi connectivity index (χ0v) is 13.3. The van der Waals surface area contributed by atoms with E-state index >= 15 is 0 Å². The van der Waals surface area contributed by atoms with Gasteiger partial charge in [-0.1, -0.05) is 12.1 Å². The molecule has 0 saturated heterocycles. The van der Waals surface area contributed by atoms with Gasteiger partial charge in [-0.05, 0) is 31.2 Å². The van der Waals surface area contributed by atoms with Crippen molar-refractivity contribution in [1.82, 2.24) is 8.75 Å². The minimum atomic E-state index is -3.74. The molecule has 6 nitrogen and oxygen atoms in total. The molecule has 22 heavy (non-hydrogen) atoms. The Morgan fingerprint density at radius 1 is 1.18 bits per heavy atom. The molecular formula is C14H13N3O3S2. The highest BCUT2D eigenvalue weighted by Crippen LogP contribution is 2.25. The first-order valence-corrected chi connectivity index (χ1v) is 8.78. The zero-order chi connectivity index (χ0) is 15.6. The van der Waals surface area contributed by atoms with Gasteiger partial charge in [0.05, 0.1) is 24.0 Å². The maximum atomic E-state index is 12.6. The lowest BCUT2D eigenvalue weighted by molar-refractivity contribution is 0.340. The Balaban J connectivity index is 1.97. The van der Waals surface area contributed by atoms with Crippen LogP contribution in [0.15, 0.2) is 47.4 Å². The Kier molecular flexibility index (Phi) is 3.95. The summed E-state index contributed by atoms with van der Waals surface area (Å²) < 4.78 is 41.2. The normalized spacial score (nSPS) is 11.5. The van der Waals surface area contributed by atoms with Crippen LogP contribution in [0.1, 0.15) is 6.92 Å². The Morgan fingerprint density at radius 2 is 2.00 bits per heavy atom. The minimum Gasteiger partial charge on any atom is -0.494 e. The molecule has 0 aliphatic rings. The van der Waals surface area contributed by atoms with E-state index in [1.807, 2.05) is 6.92 Å². The van der Waals surface area contributed by atoms with Crippen LogP contribution in [0.3, 0.4) is 0 Å². The molecule has 0 atom stereocenters. The quantitative estimate of drug-likeness (QED) is 0.775. The van der Waals surface area contributed by atoms with E-state index in [0.717, 1.165) is 11.7 Å². The average molecular weight is 335 g/mol. The van der Waals surface area contributed by atoms with Gasteiger partial charge in [-0.15, -0.1) is 0 Å². The highest BCUT2D eigenvalue weighted by molar-refractivity contribution is 7.93. The summed E-state index contributed by atoms with van der Waals surface area (Å²) in [4.78, 5) is 0.112. The molecule has 0 bridgehead atoms. The third-order valence-corrected chi connectivity index (χ3v) is 4.89. The molecule has 1 heterocycles. The Hall–Kier alpha value is -2.19. The van der Waals surface area contributed by atoms with E-state index in [0.29, 0.717) is 29.1 Å². The molecule has 0 aliphatic carbocycles. The van der Waals surface area contributed by atoms with Crippen LogP contribution in [0.2, 0.25) is 0 Å². The number of aromatic nitrogens is 2. The van der Waals surface area contributed by atoms with Crippen molar-refractivity contribution in [3.63, 3.8) is 0 Å². The molecule has 0 radical (unpaired) electrons. The van der Waals surface area contributed by atoms with Crippen LogP contribution in [-0.4, -0.2) is 23.8 Å². The summed E-state index contributed by atoms with van der Waals surface area (Å²) in [6.45, 7) is 2.38. The van der Waals surface area contributed by atoms with Crippen molar-refractivity contribution in [2.45, 2.75) is 11.8 Å². The second kappa shape index (κ2) is 5.90. The van der Waals surface area contributed by atoms with Crippen LogP contribution in [0.5, 0.6) is 5.75 Å². The molecule has 0 aliphatic heterocycles. The molecule has 0 saturated carbocycles. The van der Waals surface area contributed by atoms with Gasteiger partial charge in [-0.25, -0.2) is 8.42 Å². The van der Waals surface area contributed by atoms with Crippen molar-refractivity contribution in [1.29, 1.82) is 0 Å². The second-order valence-electron chi connectivity index (χ2n) is 4.45. The van der Waals surface area contributed by atoms with Crippen molar-refractivity contribution in [2.24, 2.45) is 0 Å². The Bertz CT molecular complexity index is 906. The SMILES string of the molecule is CCOc1cccc(NS(=O)(=O)c2cccc3nsnc23)c1. The highest BCUT2D eigenvalue weighted by atomic mass is 32.2. The van der Waals surface area contributed by atoms with Crippen LogP contribution in [0.25, 0.3) is 11.0 Å². The van der Waals surface area contributed by atoms with Gasteiger partial charge in [-0.2, -0.15) is 8.75 Å². The van der Waals surface area contributed by atoms with Crippen molar-refractivity contribution in [2.75, 3.05) is 11.3 Å². The summed E-state index contributed by atoms with van der Waals surface area (Å²) >= 11 is 0.986. The molecule has 0 spiro atoms. The number of hydrogen-bond donors (Lipinski definition) is 1. The molecule has 3 aromatic rings. The van der Waals surface area contributed by atoms with Gasteiger partial charge in [0.15, 0.2) is 0 Å². The van der Waals surface area contributed by atoms with E-state index in [1.54, 1.807) is 36.4 Å². The second-order valence-corrected chi connectivity index (χ2v) is 6.63. The third-order valence-electron chi connectivity index (χ3n) is 2.94. The zero-order valence-electron chi connectivity index (χ0n) is 11.7. The fraction of sp³-hybridized carbons (Fsp3) is 0.143. The van der Waals surface area contributed by atoms with E-state index in [1.165, 1.54) is 6.07 Å². The smallest absolute Gasteiger partial charge is 0.264 e. The van der Waals surface area contributed by atoms with Gasteiger partial charge >= 0.3 is 0 Å². The van der Waals surface area contributed by atoms with Crippen LogP contribution >= 0.6 is 11.7 Å². The minimum absolute atomic E-state index is 0.112. The fourth-order valence-electron chi connectivity index (χ4n) is 2.02. The number of fused-ring (bicyclic) bond motifs is 1. The number of sulfonamides is 1. The lowest BCUT2D eigenvalue weighted by Crippen LogP contribution is -2.13. The van der Waals surface area contributed by atoms with E-state index in [-0.39, 0.29) is 4.90 Å². The fourth-order valence-corrected chi connectivity index (χ4v) is 3.84. The summed E-state index contributed by atoms with van der Waals surface area (Å²) in [7, 11) is -3.74. The van der Waals surface area contributed by atoms with Crippen molar-refractivity contribution >= 4 is 38.5 Å². The number of nitrogens with one attached hydrogen (secondary N) is 1. The van der Waals surface area contributed by atoms with Crippen molar-refractivity contribution < 1.29 is 13.2 Å². The maximum absolute atomic E-state index is 12.6. The van der Waals surface area contributed by atoms with Crippen LogP contribution < -0.4 is 9.46 Å². The predicted molar refractivity (Wildman–Crippen MR) is 85.8 cm³/mol. The lowest BCUT2D eigenvalue weighted by atomic mass is 10.3. The number of benzene rings is 2. The summed E-state index contributed by atoms with van der Waals surface area (Å²) in [6.07, 6.45) is 0. The van der Waals surface area contributed by atoms with Gasteiger partial charge in [-0.3, -0.25) is 4.72 Å². The molecule has 0 fully saturated rings. The third kappa shape index (κ3) is 2.88. The largest absolute Gasteiger partial charge is 0.494 e. The number of anilines is 1. The first kappa shape index (κ1) is 14.7. The summed E-state index contributed by atoms with van der Waals surface area (Å²) in [6, 6.07) is 11.7. The molecule has 1 N–H and O–H groups in total. The lowest BCUT2D eigenvalue weighted by Gasteiger charge is -2.10. The molecule has 114 valence electrons. The first-order chi connectivity index (χ1) is 10.6. The monoisotopic (exact) mass is 335 g/mol. The van der Waals surface area contributed by atoms with Crippen LogP contribution in [-0.2, 0) is 10.0 Å². The molecule has 0 unspecified atom stereocenters. The molecule has 0 amide bonds. The molecule has 3 rings (SSSR count). The number of rotatable bonds is 5. The van der Waals surface area contributed by atoms with E-state index < -0.39 is 10.0 Å². The van der Waals surface area contributed by atoms with Crippen molar-refractivity contribution in [3.05, 3.63) is 42.5 Å². The summed E-state index contributed by atoms with van der Waals surface area (Å²) in [5, 5.41) is 0. The van der Waals surface area contributed by atoms with Crippen LogP contribution in [0, 0.1) is 0 Å². The maximum Gasteiger partial charge on any atom is 0.264 e. The van der Waals surface area contributed by atoms with E-state index in [2.05, 4.69) is 13.5 Å². The molecular weight excluding hydrogens is 322 g/mol. The van der Waals surface area contributed by atoms with Gasteiger partial charge in [0, 0.05) is 6.07 Å². The topological polar surface area (TPSA) is 81.2 Å². The number of ether oxygens (including phenoxy) is 1. The number of nitrogens with zero attached hydrogens (tertiary/aromatic N) is 2. The van der Waals surface area contributed by atoms with Gasteiger partial charge in [0.1, 0.15) is 21.7 Å².